The van der Waals surface area contributed by atoms with Crippen LogP contribution in [-0.4, -0.2) is 22.2 Å². The highest BCUT2D eigenvalue weighted by atomic mass is 16.4. The third-order valence-corrected chi connectivity index (χ3v) is 3.44. The van der Waals surface area contributed by atoms with E-state index in [0.717, 1.165) is 12.2 Å². The molecule has 6 heteroatoms. The number of carboxylic acids is 2. The predicted octanol–water partition coefficient (Wildman–Crippen LogP) is 2.06. The zero-order valence-electron chi connectivity index (χ0n) is 12.5. The Balaban J connectivity index is 3.81. The Morgan fingerprint density at radius 2 is 1.33 bits per heavy atom. The molecule has 2 N–H and O–H groups in total. The highest BCUT2D eigenvalue weighted by molar-refractivity contribution is 5.90. The monoisotopic (exact) mass is 320 g/mol. The Bertz CT molecular complexity index is 800. The number of aliphatic carboxylic acids is 2. The highest BCUT2D eigenvalue weighted by Gasteiger charge is 2.42. The van der Waals surface area contributed by atoms with Crippen molar-refractivity contribution in [3.8, 4) is 12.1 Å². The molecule has 1 aromatic carbocycles. The van der Waals surface area contributed by atoms with Gasteiger partial charge in [-0.05, 0) is 23.3 Å². The molecule has 24 heavy (non-hydrogen) atoms. The third kappa shape index (κ3) is 2.75. The van der Waals surface area contributed by atoms with Gasteiger partial charge in [-0.1, -0.05) is 37.4 Å². The maximum Gasteiger partial charge on any atom is 0.333 e. The van der Waals surface area contributed by atoms with Crippen LogP contribution in [0.1, 0.15) is 11.1 Å². The summed E-state index contributed by atoms with van der Waals surface area (Å²) in [6.07, 6.45) is 1.93. The second-order valence-corrected chi connectivity index (χ2v) is 4.73. The van der Waals surface area contributed by atoms with Crippen molar-refractivity contribution in [3.63, 3.8) is 0 Å². The number of nitrogens with zero attached hydrogens (tertiary/aromatic N) is 2. The number of nitriles is 2. The summed E-state index contributed by atoms with van der Waals surface area (Å²) in [5, 5.41) is 37.6. The van der Waals surface area contributed by atoms with Gasteiger partial charge in [0.05, 0.1) is 12.1 Å². The van der Waals surface area contributed by atoms with Crippen LogP contribution in [-0.2, 0) is 20.4 Å². The van der Waals surface area contributed by atoms with Gasteiger partial charge in [0.25, 0.3) is 0 Å². The Morgan fingerprint density at radius 3 is 1.58 bits per heavy atom. The number of benzene rings is 1. The Labute approximate surface area is 138 Å². The SMILES string of the molecule is C=C=CC(C#N)(C(=O)O)c1cccc(C(C#N)(C=C=C)C(=O)O)c1. The molecule has 118 valence electrons. The van der Waals surface area contributed by atoms with Crippen LogP contribution >= 0.6 is 0 Å². The van der Waals surface area contributed by atoms with Gasteiger partial charge >= 0.3 is 11.9 Å². The predicted molar refractivity (Wildman–Crippen MR) is 83.7 cm³/mol. The zero-order chi connectivity index (χ0) is 18.4. The van der Waals surface area contributed by atoms with Crippen LogP contribution in [0.5, 0.6) is 0 Å². The van der Waals surface area contributed by atoms with Crippen LogP contribution in [0.15, 0.2) is 61.0 Å². The van der Waals surface area contributed by atoms with E-state index in [2.05, 4.69) is 24.6 Å². The number of hydrogen-bond donors (Lipinski definition) is 2. The molecular weight excluding hydrogens is 308 g/mol. The minimum absolute atomic E-state index is 0.0236. The van der Waals surface area contributed by atoms with Crippen molar-refractivity contribution >= 4 is 11.9 Å². The molecule has 1 rings (SSSR count). The van der Waals surface area contributed by atoms with Gasteiger partial charge in [0.2, 0.25) is 10.8 Å². The van der Waals surface area contributed by atoms with Gasteiger partial charge in [-0.15, -0.1) is 11.5 Å². The molecule has 0 saturated carbocycles. The minimum Gasteiger partial charge on any atom is -0.480 e. The van der Waals surface area contributed by atoms with E-state index in [0.29, 0.717) is 0 Å². The van der Waals surface area contributed by atoms with Crippen molar-refractivity contribution in [1.29, 1.82) is 10.5 Å². The standard InChI is InChI=1S/C18H12N2O4/c1-3-8-17(11-19,15(21)22)13-6-5-7-14(10-13)18(12-20,9-4-2)16(23)24/h5-10H,1-2H2,(H,21,22)(H,23,24). The summed E-state index contributed by atoms with van der Waals surface area (Å²) in [4.78, 5) is 23.2. The van der Waals surface area contributed by atoms with E-state index in [1.165, 1.54) is 24.3 Å². The number of carbonyl (C=O) groups is 2. The normalized spacial score (nSPS) is 14.2. The fourth-order valence-corrected chi connectivity index (χ4v) is 2.14. The summed E-state index contributed by atoms with van der Waals surface area (Å²) in [7, 11) is 0. The topological polar surface area (TPSA) is 122 Å². The molecule has 0 aliphatic carbocycles. The minimum atomic E-state index is -2.10. The molecule has 1 aromatic rings. The van der Waals surface area contributed by atoms with Crippen molar-refractivity contribution in [2.75, 3.05) is 0 Å². The maximum atomic E-state index is 11.6. The van der Waals surface area contributed by atoms with E-state index in [1.807, 2.05) is 0 Å². The fourth-order valence-electron chi connectivity index (χ4n) is 2.14. The quantitative estimate of drug-likeness (QED) is 0.773. The van der Waals surface area contributed by atoms with Crippen molar-refractivity contribution < 1.29 is 19.8 Å². The molecule has 0 aliphatic rings. The lowest BCUT2D eigenvalue weighted by molar-refractivity contribution is -0.140. The molecule has 2 unspecified atom stereocenters. The number of hydrogen-bond acceptors (Lipinski definition) is 4. The van der Waals surface area contributed by atoms with Gasteiger partial charge in [0.1, 0.15) is 0 Å². The lowest BCUT2D eigenvalue weighted by Crippen LogP contribution is -2.35. The summed E-state index contributed by atoms with van der Waals surface area (Å²) in [6, 6.07) is 8.56. The lowest BCUT2D eigenvalue weighted by atomic mass is 9.76. The van der Waals surface area contributed by atoms with Crippen LogP contribution in [0.25, 0.3) is 0 Å². The van der Waals surface area contributed by atoms with Gasteiger partial charge < -0.3 is 10.2 Å². The fraction of sp³-hybridized carbons (Fsp3) is 0.111. The smallest absolute Gasteiger partial charge is 0.333 e. The first-order chi connectivity index (χ1) is 11.3. The second-order valence-electron chi connectivity index (χ2n) is 4.73. The summed E-state index contributed by atoms with van der Waals surface area (Å²) in [5.41, 5.74) is 0.288. The molecule has 0 bridgehead atoms. The molecule has 6 nitrogen and oxygen atoms in total. The molecule has 0 saturated heterocycles. The van der Waals surface area contributed by atoms with E-state index < -0.39 is 22.8 Å². The molecule has 2 atom stereocenters. The van der Waals surface area contributed by atoms with Crippen LogP contribution in [0, 0.1) is 22.7 Å². The summed E-state index contributed by atoms with van der Waals surface area (Å²) in [6.45, 7) is 6.56. The average Bonchev–Trinajstić information content (AvgIpc) is 2.57. The molecule has 0 fully saturated rings. The van der Waals surface area contributed by atoms with Gasteiger partial charge in [-0.3, -0.25) is 0 Å². The van der Waals surface area contributed by atoms with E-state index in [9.17, 15) is 30.3 Å². The van der Waals surface area contributed by atoms with E-state index in [-0.39, 0.29) is 11.1 Å². The van der Waals surface area contributed by atoms with Crippen LogP contribution in [0.2, 0.25) is 0 Å². The van der Waals surface area contributed by atoms with Crippen molar-refractivity contribution in [1.82, 2.24) is 0 Å². The molecule has 0 aromatic heterocycles. The number of carboxylic acid groups (broad SMARTS) is 2. The first kappa shape index (κ1) is 18.2. The zero-order valence-corrected chi connectivity index (χ0v) is 12.5. The average molecular weight is 320 g/mol. The first-order valence-corrected chi connectivity index (χ1v) is 6.49. The molecule has 0 aliphatic heterocycles. The first-order valence-electron chi connectivity index (χ1n) is 6.49. The van der Waals surface area contributed by atoms with Gasteiger partial charge in [-0.2, -0.15) is 10.5 Å². The number of rotatable bonds is 6. The molecule has 0 radical (unpaired) electrons. The molecule has 0 amide bonds. The summed E-state index contributed by atoms with van der Waals surface area (Å²) in [5.74, 6) is -2.95. The third-order valence-electron chi connectivity index (χ3n) is 3.44. The van der Waals surface area contributed by atoms with Gasteiger partial charge in [0.15, 0.2) is 0 Å². The van der Waals surface area contributed by atoms with E-state index >= 15 is 0 Å². The summed E-state index contributed by atoms with van der Waals surface area (Å²) >= 11 is 0. The second kappa shape index (κ2) is 6.96. The molecular formula is C18H12N2O4. The summed E-state index contributed by atoms with van der Waals surface area (Å²) < 4.78 is 0. The van der Waals surface area contributed by atoms with E-state index in [1.54, 1.807) is 12.1 Å². The molecule has 0 heterocycles. The van der Waals surface area contributed by atoms with Gasteiger partial charge in [0, 0.05) is 0 Å². The van der Waals surface area contributed by atoms with Crippen LogP contribution < -0.4 is 0 Å². The Kier molecular flexibility index (Phi) is 5.29. The maximum absolute atomic E-state index is 11.6. The van der Waals surface area contributed by atoms with Crippen molar-refractivity contribution in [2.45, 2.75) is 10.8 Å². The van der Waals surface area contributed by atoms with Crippen LogP contribution in [0.4, 0.5) is 0 Å². The van der Waals surface area contributed by atoms with Crippen molar-refractivity contribution in [3.05, 3.63) is 72.2 Å². The van der Waals surface area contributed by atoms with Crippen molar-refractivity contribution in [2.24, 2.45) is 0 Å². The largest absolute Gasteiger partial charge is 0.480 e. The van der Waals surface area contributed by atoms with E-state index in [4.69, 9.17) is 0 Å². The van der Waals surface area contributed by atoms with Gasteiger partial charge in [-0.25, -0.2) is 9.59 Å². The highest BCUT2D eigenvalue weighted by Crippen LogP contribution is 2.32. The molecule has 0 spiro atoms. The lowest BCUT2D eigenvalue weighted by Gasteiger charge is -2.22. The Morgan fingerprint density at radius 1 is 0.958 bits per heavy atom. The Hall–Kier alpha value is -3.82. The van der Waals surface area contributed by atoms with Crippen LogP contribution in [0.3, 0.4) is 0 Å².